The van der Waals surface area contributed by atoms with E-state index in [9.17, 15) is 21.6 Å². The van der Waals surface area contributed by atoms with Crippen molar-refractivity contribution < 1.29 is 31.1 Å². The van der Waals surface area contributed by atoms with E-state index in [0.29, 0.717) is 35.8 Å². The zero-order chi connectivity index (χ0) is 26.9. The zero-order valence-corrected chi connectivity index (χ0v) is 21.4. The van der Waals surface area contributed by atoms with Gasteiger partial charge in [-0.2, -0.15) is 21.6 Å². The molecule has 3 aromatic carbocycles. The molecule has 1 aliphatic heterocycles. The summed E-state index contributed by atoms with van der Waals surface area (Å²) < 4.78 is 74.4. The second-order valence-corrected chi connectivity index (χ2v) is 11.1. The predicted octanol–water partition coefficient (Wildman–Crippen LogP) is 5.87. The molecule has 4 aromatic rings. The van der Waals surface area contributed by atoms with Gasteiger partial charge in [-0.05, 0) is 72.5 Å². The minimum atomic E-state index is -5.48. The molecule has 1 atom stereocenters. The van der Waals surface area contributed by atoms with E-state index in [4.69, 9.17) is 21.1 Å². The van der Waals surface area contributed by atoms with Crippen molar-refractivity contribution in [2.24, 2.45) is 5.92 Å². The van der Waals surface area contributed by atoms with Gasteiger partial charge in [-0.3, -0.25) is 4.72 Å². The van der Waals surface area contributed by atoms with E-state index >= 15 is 0 Å². The van der Waals surface area contributed by atoms with Crippen molar-refractivity contribution in [3.8, 4) is 11.5 Å². The van der Waals surface area contributed by atoms with Crippen LogP contribution in [-0.4, -0.2) is 55.1 Å². The molecule has 1 N–H and O–H groups in total. The first-order valence-electron chi connectivity index (χ1n) is 11.7. The summed E-state index contributed by atoms with van der Waals surface area (Å²) in [4.78, 5) is 4.60. The molecule has 5 rings (SSSR count). The van der Waals surface area contributed by atoms with Gasteiger partial charge in [0.1, 0.15) is 18.1 Å². The maximum absolute atomic E-state index is 12.7. The van der Waals surface area contributed by atoms with Crippen molar-refractivity contribution in [2.45, 2.75) is 25.0 Å². The summed E-state index contributed by atoms with van der Waals surface area (Å²) in [5.74, 6) is 1.45. The zero-order valence-electron chi connectivity index (χ0n) is 19.8. The van der Waals surface area contributed by atoms with Gasteiger partial charge in [-0.15, -0.1) is 0 Å². The topological polar surface area (TPSA) is 77.5 Å². The molecule has 1 unspecified atom stereocenters. The molecular formula is C27H23ClF3N2NaO4S. The minimum absolute atomic E-state index is 0. The average Bonchev–Trinajstić information content (AvgIpc) is 2.86. The fourth-order valence-electron chi connectivity index (χ4n) is 4.33. The number of rotatable bonds is 7. The van der Waals surface area contributed by atoms with Gasteiger partial charge in [0.2, 0.25) is 0 Å². The predicted molar refractivity (Wildman–Crippen MR) is 146 cm³/mol. The maximum atomic E-state index is 12.7. The van der Waals surface area contributed by atoms with E-state index in [2.05, 4.69) is 4.98 Å². The molecule has 200 valence electrons. The van der Waals surface area contributed by atoms with Crippen molar-refractivity contribution in [2.75, 3.05) is 11.3 Å². The van der Waals surface area contributed by atoms with Gasteiger partial charge in [-0.25, -0.2) is 4.98 Å². The number of hydrogen-bond acceptors (Lipinski definition) is 5. The fraction of sp³-hybridized carbons (Fsp3) is 0.222. The third-order valence-electron chi connectivity index (χ3n) is 6.12. The number of benzene rings is 3. The molecule has 0 saturated carbocycles. The number of nitrogens with one attached hydrogen (secondary N) is 1. The molecule has 2 heterocycles. The SMILES string of the molecule is O=S(=O)(Nc1cccc(CC2COc3ccc(OCc4ccc5ccc(Cl)cc5n4)cc3C2)c1)C(F)(F)F.[NaH]. The summed E-state index contributed by atoms with van der Waals surface area (Å²) in [5.41, 5.74) is -2.34. The Kier molecular flexibility index (Phi) is 9.02. The molecule has 12 heteroatoms. The summed E-state index contributed by atoms with van der Waals surface area (Å²) in [6, 6.07) is 20.9. The number of pyridine rings is 1. The molecule has 1 aliphatic rings. The molecule has 0 aliphatic carbocycles. The first-order valence-corrected chi connectivity index (χ1v) is 13.5. The van der Waals surface area contributed by atoms with Gasteiger partial charge in [0.15, 0.2) is 0 Å². The first-order chi connectivity index (χ1) is 18.1. The van der Waals surface area contributed by atoms with Gasteiger partial charge in [0, 0.05) is 22.0 Å². The second-order valence-electron chi connectivity index (χ2n) is 9.03. The van der Waals surface area contributed by atoms with E-state index in [1.165, 1.54) is 18.2 Å². The van der Waals surface area contributed by atoms with Gasteiger partial charge in [-0.1, -0.05) is 35.9 Å². The molecular weight excluding hydrogens is 564 g/mol. The average molecular weight is 587 g/mol. The Bertz CT molecular complexity index is 1600. The van der Waals surface area contributed by atoms with Gasteiger partial charge in [0.25, 0.3) is 0 Å². The van der Waals surface area contributed by atoms with E-state index in [-0.39, 0.29) is 47.8 Å². The monoisotopic (exact) mass is 586 g/mol. The van der Waals surface area contributed by atoms with Crippen LogP contribution in [0.15, 0.2) is 72.8 Å². The van der Waals surface area contributed by atoms with Crippen LogP contribution < -0.4 is 14.2 Å². The van der Waals surface area contributed by atoms with Crippen molar-refractivity contribution >= 4 is 67.8 Å². The van der Waals surface area contributed by atoms with Crippen LogP contribution >= 0.6 is 11.6 Å². The Morgan fingerprint density at radius 2 is 1.85 bits per heavy atom. The van der Waals surface area contributed by atoms with E-state index in [0.717, 1.165) is 27.9 Å². The Balaban J connectivity index is 0.00000353. The Hall–Kier alpha value is -2.50. The molecule has 0 amide bonds. The fourth-order valence-corrected chi connectivity index (χ4v) is 5.05. The van der Waals surface area contributed by atoms with Crippen LogP contribution in [0.5, 0.6) is 11.5 Å². The summed E-state index contributed by atoms with van der Waals surface area (Å²) in [7, 11) is -5.48. The molecule has 0 fully saturated rings. The van der Waals surface area contributed by atoms with Crippen molar-refractivity contribution in [1.29, 1.82) is 0 Å². The van der Waals surface area contributed by atoms with Crippen LogP contribution in [0, 0.1) is 5.92 Å². The molecule has 6 nitrogen and oxygen atoms in total. The molecule has 0 bridgehead atoms. The number of sulfonamides is 1. The summed E-state index contributed by atoms with van der Waals surface area (Å²) in [5, 5.41) is 1.60. The third-order valence-corrected chi connectivity index (χ3v) is 7.47. The quantitative estimate of drug-likeness (QED) is 0.274. The van der Waals surface area contributed by atoms with Gasteiger partial charge in [0.05, 0.1) is 17.8 Å². The first kappa shape index (κ1) is 29.5. The van der Waals surface area contributed by atoms with Crippen LogP contribution in [0.2, 0.25) is 5.02 Å². The summed E-state index contributed by atoms with van der Waals surface area (Å²) >= 11 is 6.07. The van der Waals surface area contributed by atoms with E-state index < -0.39 is 15.5 Å². The van der Waals surface area contributed by atoms with Crippen molar-refractivity contribution in [1.82, 2.24) is 4.98 Å². The second kappa shape index (κ2) is 11.9. The number of alkyl halides is 3. The Morgan fingerprint density at radius 3 is 2.64 bits per heavy atom. The standard InChI is InChI=1S/C27H22ClF3N2O4S.Na.H/c28-21-6-4-19-5-7-23(32-25(19)14-21)16-36-24-8-9-26-20(13-24)11-18(15-37-26)10-17-2-1-3-22(12-17)33-38(34,35)27(29,30)31;;/h1-9,12-14,18,33H,10-11,15-16H2;;. The van der Waals surface area contributed by atoms with Crippen LogP contribution in [0.3, 0.4) is 0 Å². The third kappa shape index (κ3) is 7.18. The number of aromatic nitrogens is 1. The summed E-state index contributed by atoms with van der Waals surface area (Å²) in [6.07, 6.45) is 1.16. The number of nitrogens with zero attached hydrogens (tertiary/aromatic N) is 1. The number of fused-ring (bicyclic) bond motifs is 2. The van der Waals surface area contributed by atoms with Crippen LogP contribution in [-0.2, 0) is 29.5 Å². The van der Waals surface area contributed by atoms with E-state index in [1.54, 1.807) is 16.9 Å². The molecule has 1 aromatic heterocycles. The Morgan fingerprint density at radius 1 is 1.05 bits per heavy atom. The molecule has 0 radical (unpaired) electrons. The van der Waals surface area contributed by atoms with Crippen LogP contribution in [0.1, 0.15) is 16.8 Å². The number of hydrogen-bond donors (Lipinski definition) is 1. The number of anilines is 1. The van der Waals surface area contributed by atoms with Crippen LogP contribution in [0.4, 0.5) is 18.9 Å². The molecule has 0 spiro atoms. The normalized spacial score (nSPS) is 15.1. The van der Waals surface area contributed by atoms with Gasteiger partial charge >= 0.3 is 45.1 Å². The van der Waals surface area contributed by atoms with Crippen LogP contribution in [0.25, 0.3) is 10.9 Å². The van der Waals surface area contributed by atoms with Crippen molar-refractivity contribution in [3.63, 3.8) is 0 Å². The number of ether oxygens (including phenoxy) is 2. The molecule has 0 saturated heterocycles. The molecule has 39 heavy (non-hydrogen) atoms. The van der Waals surface area contributed by atoms with Gasteiger partial charge < -0.3 is 9.47 Å². The van der Waals surface area contributed by atoms with E-state index in [1.807, 2.05) is 42.5 Å². The van der Waals surface area contributed by atoms with Crippen molar-refractivity contribution in [3.05, 3.63) is 94.6 Å². The number of halogens is 4. The Labute approximate surface area is 250 Å². The summed E-state index contributed by atoms with van der Waals surface area (Å²) in [6.45, 7) is 0.696.